The van der Waals surface area contributed by atoms with Crippen LogP contribution in [0.5, 0.6) is 11.5 Å². The minimum Gasteiger partial charge on any atom is -0.454 e. The lowest BCUT2D eigenvalue weighted by Gasteiger charge is -2.23. The summed E-state index contributed by atoms with van der Waals surface area (Å²) in [6.07, 6.45) is 2.62. The van der Waals surface area contributed by atoms with Crippen molar-refractivity contribution < 1.29 is 9.13 Å². The molecule has 1 aromatic heterocycles. The lowest BCUT2D eigenvalue weighted by atomic mass is 9.98. The molecule has 0 unspecified atom stereocenters. The average molecular weight is 309 g/mol. The van der Waals surface area contributed by atoms with E-state index in [9.17, 15) is 4.39 Å². The van der Waals surface area contributed by atoms with E-state index in [1.165, 1.54) is 6.07 Å². The molecular formula is C18H16FN3O. The molecule has 3 aromatic rings. The number of ether oxygens (including phenoxy) is 1. The molecule has 2 aromatic carbocycles. The van der Waals surface area contributed by atoms with Gasteiger partial charge in [-0.3, -0.25) is 0 Å². The van der Waals surface area contributed by atoms with Crippen molar-refractivity contribution in [2.45, 2.75) is 12.5 Å². The molecule has 0 spiro atoms. The number of benzene rings is 2. The molecule has 116 valence electrons. The number of hydrogen-bond acceptors (Lipinski definition) is 3. The molecule has 0 fully saturated rings. The number of nitrogens with one attached hydrogen (secondary N) is 2. The van der Waals surface area contributed by atoms with Gasteiger partial charge in [0.2, 0.25) is 0 Å². The fourth-order valence-corrected chi connectivity index (χ4v) is 2.89. The van der Waals surface area contributed by atoms with E-state index in [2.05, 4.69) is 15.3 Å². The van der Waals surface area contributed by atoms with Crippen LogP contribution < -0.4 is 10.1 Å². The Kier molecular flexibility index (Phi) is 3.55. The van der Waals surface area contributed by atoms with E-state index in [-0.39, 0.29) is 17.6 Å². The second kappa shape index (κ2) is 5.85. The molecule has 0 saturated heterocycles. The zero-order valence-electron chi connectivity index (χ0n) is 12.4. The van der Waals surface area contributed by atoms with Crippen molar-refractivity contribution in [3.63, 3.8) is 0 Å². The van der Waals surface area contributed by atoms with Crippen LogP contribution in [0.25, 0.3) is 0 Å². The maximum Gasteiger partial charge on any atom is 0.165 e. The van der Waals surface area contributed by atoms with E-state index in [1.54, 1.807) is 30.6 Å². The summed E-state index contributed by atoms with van der Waals surface area (Å²) in [5.41, 5.74) is 3.03. The number of aromatic nitrogens is 2. The van der Waals surface area contributed by atoms with Crippen molar-refractivity contribution in [2.75, 3.05) is 6.54 Å². The zero-order chi connectivity index (χ0) is 15.6. The van der Waals surface area contributed by atoms with Crippen molar-refractivity contribution in [1.29, 1.82) is 0 Å². The van der Waals surface area contributed by atoms with Crippen molar-refractivity contribution in [1.82, 2.24) is 15.3 Å². The van der Waals surface area contributed by atoms with Crippen LogP contribution >= 0.6 is 0 Å². The van der Waals surface area contributed by atoms with Gasteiger partial charge in [0, 0.05) is 18.7 Å². The first kappa shape index (κ1) is 14.0. The number of hydrogen-bond donors (Lipinski definition) is 2. The van der Waals surface area contributed by atoms with Gasteiger partial charge in [-0.1, -0.05) is 24.3 Å². The lowest BCUT2D eigenvalue weighted by Crippen LogP contribution is -2.30. The molecule has 1 aliphatic heterocycles. The third-order valence-electron chi connectivity index (χ3n) is 4.01. The first-order valence-electron chi connectivity index (χ1n) is 7.59. The standard InChI is InChI=1S/C18H16FN3O/c19-14-7-6-12(10-16(14)23-13-4-2-1-3-5-13)17-18-15(8-9-20-17)21-11-22-18/h1-7,10-11,17,20H,8-9H2,(H,21,22)/t17-/m1/s1. The summed E-state index contributed by atoms with van der Waals surface area (Å²) < 4.78 is 19.8. The summed E-state index contributed by atoms with van der Waals surface area (Å²) >= 11 is 0. The maximum absolute atomic E-state index is 14.1. The van der Waals surface area contributed by atoms with Gasteiger partial charge in [0.1, 0.15) is 5.75 Å². The van der Waals surface area contributed by atoms with Gasteiger partial charge >= 0.3 is 0 Å². The number of rotatable bonds is 3. The Morgan fingerprint density at radius 1 is 1.13 bits per heavy atom. The second-order valence-electron chi connectivity index (χ2n) is 5.51. The molecule has 0 amide bonds. The van der Waals surface area contributed by atoms with Crippen molar-refractivity contribution in [3.05, 3.63) is 77.6 Å². The Bertz CT molecular complexity index is 816. The van der Waals surface area contributed by atoms with E-state index in [1.807, 2.05) is 18.2 Å². The summed E-state index contributed by atoms with van der Waals surface area (Å²) in [6.45, 7) is 0.853. The number of halogens is 1. The highest BCUT2D eigenvalue weighted by atomic mass is 19.1. The van der Waals surface area contributed by atoms with E-state index >= 15 is 0 Å². The molecule has 0 aliphatic carbocycles. The minimum atomic E-state index is -0.379. The van der Waals surface area contributed by atoms with Crippen LogP contribution in [0, 0.1) is 5.82 Å². The van der Waals surface area contributed by atoms with E-state index in [4.69, 9.17) is 4.74 Å². The molecule has 5 heteroatoms. The van der Waals surface area contributed by atoms with Crippen LogP contribution in [-0.4, -0.2) is 16.5 Å². The van der Waals surface area contributed by atoms with Gasteiger partial charge in [-0.15, -0.1) is 0 Å². The van der Waals surface area contributed by atoms with Crippen molar-refractivity contribution in [3.8, 4) is 11.5 Å². The first-order chi connectivity index (χ1) is 11.3. The maximum atomic E-state index is 14.1. The van der Waals surface area contributed by atoms with E-state index < -0.39 is 0 Å². The Morgan fingerprint density at radius 3 is 2.87 bits per heavy atom. The number of nitrogens with zero attached hydrogens (tertiary/aromatic N) is 1. The Balaban J connectivity index is 1.68. The first-order valence-corrected chi connectivity index (χ1v) is 7.59. The van der Waals surface area contributed by atoms with E-state index in [0.29, 0.717) is 5.75 Å². The second-order valence-corrected chi connectivity index (χ2v) is 5.51. The van der Waals surface area contributed by atoms with Gasteiger partial charge < -0.3 is 15.0 Å². The average Bonchev–Trinajstić information content (AvgIpc) is 3.06. The van der Waals surface area contributed by atoms with Gasteiger partial charge in [-0.05, 0) is 29.8 Å². The zero-order valence-corrected chi connectivity index (χ0v) is 12.4. The molecular weight excluding hydrogens is 293 g/mol. The number of imidazole rings is 1. The molecule has 2 heterocycles. The van der Waals surface area contributed by atoms with Crippen LogP contribution in [0.2, 0.25) is 0 Å². The topological polar surface area (TPSA) is 49.9 Å². The minimum absolute atomic E-state index is 0.0521. The van der Waals surface area contributed by atoms with Crippen LogP contribution in [0.15, 0.2) is 54.9 Å². The molecule has 23 heavy (non-hydrogen) atoms. The molecule has 2 N–H and O–H groups in total. The van der Waals surface area contributed by atoms with Gasteiger partial charge in [0.15, 0.2) is 11.6 Å². The fourth-order valence-electron chi connectivity index (χ4n) is 2.89. The third-order valence-corrected chi connectivity index (χ3v) is 4.01. The Labute approximate surface area is 133 Å². The molecule has 1 aliphatic rings. The third kappa shape index (κ3) is 2.71. The van der Waals surface area contributed by atoms with Gasteiger partial charge in [0.05, 0.1) is 18.1 Å². The summed E-state index contributed by atoms with van der Waals surface area (Å²) in [5, 5.41) is 3.43. The van der Waals surface area contributed by atoms with Crippen molar-refractivity contribution in [2.24, 2.45) is 0 Å². The van der Waals surface area contributed by atoms with E-state index in [0.717, 1.165) is 29.9 Å². The van der Waals surface area contributed by atoms with Crippen LogP contribution in [0.1, 0.15) is 23.0 Å². The highest BCUT2D eigenvalue weighted by molar-refractivity contribution is 5.40. The highest BCUT2D eigenvalue weighted by Crippen LogP contribution is 2.31. The van der Waals surface area contributed by atoms with Gasteiger partial charge in [0.25, 0.3) is 0 Å². The van der Waals surface area contributed by atoms with Crippen molar-refractivity contribution >= 4 is 0 Å². The van der Waals surface area contributed by atoms with Gasteiger partial charge in [-0.2, -0.15) is 0 Å². The largest absolute Gasteiger partial charge is 0.454 e. The highest BCUT2D eigenvalue weighted by Gasteiger charge is 2.24. The normalized spacial score (nSPS) is 16.8. The molecule has 0 radical (unpaired) electrons. The van der Waals surface area contributed by atoms with Crippen LogP contribution in [0.3, 0.4) is 0 Å². The smallest absolute Gasteiger partial charge is 0.165 e. The molecule has 4 nitrogen and oxygen atoms in total. The van der Waals surface area contributed by atoms with Gasteiger partial charge in [-0.25, -0.2) is 9.37 Å². The predicted octanol–water partition coefficient (Wildman–Crippen LogP) is 3.58. The summed E-state index contributed by atoms with van der Waals surface area (Å²) in [6, 6.07) is 14.1. The number of fused-ring (bicyclic) bond motifs is 1. The molecule has 0 bridgehead atoms. The van der Waals surface area contributed by atoms with Crippen LogP contribution in [0.4, 0.5) is 4.39 Å². The quantitative estimate of drug-likeness (QED) is 0.777. The number of aromatic amines is 1. The summed E-state index contributed by atoms with van der Waals surface area (Å²) in [4.78, 5) is 7.56. The summed E-state index contributed by atoms with van der Waals surface area (Å²) in [7, 11) is 0. The Morgan fingerprint density at radius 2 is 2.00 bits per heavy atom. The summed E-state index contributed by atoms with van der Waals surface area (Å²) in [5.74, 6) is 0.453. The Hall–Kier alpha value is -2.66. The molecule has 1 atom stereocenters. The lowest BCUT2D eigenvalue weighted by molar-refractivity contribution is 0.439. The number of H-pyrrole nitrogens is 1. The monoisotopic (exact) mass is 309 g/mol. The van der Waals surface area contributed by atoms with Crippen LogP contribution in [-0.2, 0) is 6.42 Å². The molecule has 4 rings (SSSR count). The SMILES string of the molecule is Fc1ccc([C@H]2NCCc3[nH]cnc32)cc1Oc1ccccc1. The number of para-hydroxylation sites is 1. The fraction of sp³-hybridized carbons (Fsp3) is 0.167. The predicted molar refractivity (Wildman–Crippen MR) is 85.1 cm³/mol. The molecule has 0 saturated carbocycles.